The Hall–Kier alpha value is -2.22. The van der Waals surface area contributed by atoms with Gasteiger partial charge in [-0.2, -0.15) is 0 Å². The molecule has 2 aromatic rings. The maximum absolute atomic E-state index is 12.3. The van der Waals surface area contributed by atoms with Crippen LogP contribution in [0.5, 0.6) is 0 Å². The standard InChI is InChI=1S/C16H14O2/c1-11-5-3-7-14(9-11)16(18)15-8-4-6-13(10-15)12(2)17/h3-10H,1-2H3. The van der Waals surface area contributed by atoms with Crippen LogP contribution < -0.4 is 0 Å². The van der Waals surface area contributed by atoms with E-state index < -0.39 is 0 Å². The van der Waals surface area contributed by atoms with E-state index in [1.165, 1.54) is 6.92 Å². The highest BCUT2D eigenvalue weighted by molar-refractivity contribution is 6.10. The number of Topliss-reactive ketones (excluding diaryl/α,β-unsaturated/α-hetero) is 1. The molecule has 0 heterocycles. The molecule has 2 nitrogen and oxygen atoms in total. The van der Waals surface area contributed by atoms with Crippen molar-refractivity contribution in [1.29, 1.82) is 0 Å². The first kappa shape index (κ1) is 12.2. The van der Waals surface area contributed by atoms with Crippen molar-refractivity contribution in [3.63, 3.8) is 0 Å². The Kier molecular flexibility index (Phi) is 3.38. The van der Waals surface area contributed by atoms with Gasteiger partial charge in [0, 0.05) is 16.7 Å². The number of ketones is 2. The molecule has 0 fully saturated rings. The lowest BCUT2D eigenvalue weighted by Gasteiger charge is -2.03. The zero-order valence-corrected chi connectivity index (χ0v) is 10.4. The van der Waals surface area contributed by atoms with Gasteiger partial charge in [-0.25, -0.2) is 0 Å². The normalized spacial score (nSPS) is 10.1. The maximum Gasteiger partial charge on any atom is 0.193 e. The lowest BCUT2D eigenvalue weighted by atomic mass is 9.99. The molecule has 0 aliphatic heterocycles. The van der Waals surface area contributed by atoms with Crippen LogP contribution in [-0.4, -0.2) is 11.6 Å². The largest absolute Gasteiger partial charge is 0.295 e. The Balaban J connectivity index is 2.40. The fourth-order valence-corrected chi connectivity index (χ4v) is 1.83. The molecule has 0 radical (unpaired) electrons. The predicted molar refractivity (Wildman–Crippen MR) is 71.1 cm³/mol. The van der Waals surface area contributed by atoms with E-state index in [0.717, 1.165) is 5.56 Å². The number of carbonyl (C=O) groups is 2. The average Bonchev–Trinajstić information content (AvgIpc) is 2.38. The molecule has 18 heavy (non-hydrogen) atoms. The summed E-state index contributed by atoms with van der Waals surface area (Å²) in [4.78, 5) is 23.6. The molecule has 0 N–H and O–H groups in total. The topological polar surface area (TPSA) is 34.1 Å². The Labute approximate surface area is 106 Å². The minimum Gasteiger partial charge on any atom is -0.295 e. The van der Waals surface area contributed by atoms with Crippen molar-refractivity contribution in [2.45, 2.75) is 13.8 Å². The van der Waals surface area contributed by atoms with Gasteiger partial charge in [-0.3, -0.25) is 9.59 Å². The van der Waals surface area contributed by atoms with Crippen molar-refractivity contribution in [2.75, 3.05) is 0 Å². The fourth-order valence-electron chi connectivity index (χ4n) is 1.83. The van der Waals surface area contributed by atoms with E-state index >= 15 is 0 Å². The summed E-state index contributed by atoms with van der Waals surface area (Å²) in [7, 11) is 0. The van der Waals surface area contributed by atoms with Gasteiger partial charge in [0.2, 0.25) is 0 Å². The second-order valence-electron chi connectivity index (χ2n) is 4.34. The van der Waals surface area contributed by atoms with E-state index in [1.807, 2.05) is 25.1 Å². The minimum atomic E-state index is -0.0539. The second kappa shape index (κ2) is 4.96. The number of hydrogen-bond donors (Lipinski definition) is 0. The number of carbonyl (C=O) groups excluding carboxylic acids is 2. The lowest BCUT2D eigenvalue weighted by Crippen LogP contribution is -2.03. The summed E-state index contributed by atoms with van der Waals surface area (Å²) in [6.07, 6.45) is 0. The van der Waals surface area contributed by atoms with E-state index in [1.54, 1.807) is 30.3 Å². The summed E-state index contributed by atoms with van der Waals surface area (Å²) in [6, 6.07) is 14.3. The van der Waals surface area contributed by atoms with Crippen LogP contribution >= 0.6 is 0 Å². The SMILES string of the molecule is CC(=O)c1cccc(C(=O)c2cccc(C)c2)c1. The Morgan fingerprint density at radius 2 is 1.39 bits per heavy atom. The van der Waals surface area contributed by atoms with E-state index in [2.05, 4.69) is 0 Å². The summed E-state index contributed by atoms with van der Waals surface area (Å²) < 4.78 is 0. The molecule has 0 amide bonds. The van der Waals surface area contributed by atoms with Gasteiger partial charge in [0.05, 0.1) is 0 Å². The molecule has 2 heteroatoms. The molecule has 0 saturated heterocycles. The molecule has 0 aliphatic rings. The molecule has 2 aromatic carbocycles. The third-order valence-corrected chi connectivity index (χ3v) is 2.81. The Morgan fingerprint density at radius 1 is 0.833 bits per heavy atom. The van der Waals surface area contributed by atoms with E-state index in [4.69, 9.17) is 0 Å². The molecule has 0 saturated carbocycles. The first-order valence-corrected chi connectivity index (χ1v) is 5.80. The quantitative estimate of drug-likeness (QED) is 0.768. The highest BCUT2D eigenvalue weighted by atomic mass is 16.1. The van der Waals surface area contributed by atoms with Crippen molar-refractivity contribution in [1.82, 2.24) is 0 Å². The molecular weight excluding hydrogens is 224 g/mol. The van der Waals surface area contributed by atoms with Crippen LogP contribution in [-0.2, 0) is 0 Å². The van der Waals surface area contributed by atoms with Crippen LogP contribution in [0, 0.1) is 6.92 Å². The number of aryl methyl sites for hydroxylation is 1. The van der Waals surface area contributed by atoms with E-state index in [0.29, 0.717) is 16.7 Å². The van der Waals surface area contributed by atoms with Crippen LogP contribution in [0.15, 0.2) is 48.5 Å². The molecule has 0 atom stereocenters. The summed E-state index contributed by atoms with van der Waals surface area (Å²) in [6.45, 7) is 3.44. The lowest BCUT2D eigenvalue weighted by molar-refractivity contribution is 0.101. The van der Waals surface area contributed by atoms with Crippen LogP contribution in [0.25, 0.3) is 0 Å². The van der Waals surface area contributed by atoms with Crippen LogP contribution in [0.2, 0.25) is 0 Å². The van der Waals surface area contributed by atoms with Gasteiger partial charge in [-0.1, -0.05) is 42.0 Å². The first-order valence-electron chi connectivity index (χ1n) is 5.80. The molecular formula is C16H14O2. The molecule has 2 rings (SSSR count). The van der Waals surface area contributed by atoms with Crippen molar-refractivity contribution >= 4 is 11.6 Å². The number of benzene rings is 2. The maximum atomic E-state index is 12.3. The highest BCUT2D eigenvalue weighted by Gasteiger charge is 2.10. The molecule has 0 spiro atoms. The smallest absolute Gasteiger partial charge is 0.193 e. The predicted octanol–water partition coefficient (Wildman–Crippen LogP) is 3.43. The first-order chi connectivity index (χ1) is 8.58. The van der Waals surface area contributed by atoms with Gasteiger partial charge in [-0.15, -0.1) is 0 Å². The third-order valence-electron chi connectivity index (χ3n) is 2.81. The summed E-state index contributed by atoms with van der Waals surface area (Å²) >= 11 is 0. The second-order valence-corrected chi connectivity index (χ2v) is 4.34. The molecule has 0 aromatic heterocycles. The summed E-state index contributed by atoms with van der Waals surface area (Å²) in [5.74, 6) is -0.0873. The highest BCUT2D eigenvalue weighted by Crippen LogP contribution is 2.13. The van der Waals surface area contributed by atoms with Crippen LogP contribution in [0.4, 0.5) is 0 Å². The van der Waals surface area contributed by atoms with Crippen molar-refractivity contribution in [3.8, 4) is 0 Å². The van der Waals surface area contributed by atoms with Gasteiger partial charge >= 0.3 is 0 Å². The third kappa shape index (κ3) is 2.54. The van der Waals surface area contributed by atoms with Crippen molar-refractivity contribution in [3.05, 3.63) is 70.8 Å². The molecule has 0 bridgehead atoms. The monoisotopic (exact) mass is 238 g/mol. The van der Waals surface area contributed by atoms with Gasteiger partial charge in [0.1, 0.15) is 0 Å². The van der Waals surface area contributed by atoms with Crippen molar-refractivity contribution < 1.29 is 9.59 Å². The zero-order chi connectivity index (χ0) is 13.1. The minimum absolute atomic E-state index is 0.0334. The van der Waals surface area contributed by atoms with Gasteiger partial charge in [0.25, 0.3) is 0 Å². The van der Waals surface area contributed by atoms with Gasteiger partial charge in [0.15, 0.2) is 11.6 Å². The van der Waals surface area contributed by atoms with Crippen LogP contribution in [0.1, 0.15) is 38.8 Å². The Morgan fingerprint density at radius 3 is 2.00 bits per heavy atom. The van der Waals surface area contributed by atoms with E-state index in [-0.39, 0.29) is 11.6 Å². The van der Waals surface area contributed by atoms with Gasteiger partial charge in [-0.05, 0) is 26.0 Å². The van der Waals surface area contributed by atoms with Gasteiger partial charge < -0.3 is 0 Å². The molecule has 90 valence electrons. The number of hydrogen-bond acceptors (Lipinski definition) is 2. The fraction of sp³-hybridized carbons (Fsp3) is 0.125. The van der Waals surface area contributed by atoms with Crippen molar-refractivity contribution in [2.24, 2.45) is 0 Å². The zero-order valence-electron chi connectivity index (χ0n) is 10.4. The molecule has 0 unspecified atom stereocenters. The Bertz CT molecular complexity index is 612. The van der Waals surface area contributed by atoms with E-state index in [9.17, 15) is 9.59 Å². The summed E-state index contributed by atoms with van der Waals surface area (Å²) in [5, 5.41) is 0. The molecule has 0 aliphatic carbocycles. The average molecular weight is 238 g/mol. The number of rotatable bonds is 3. The summed E-state index contributed by atoms with van der Waals surface area (Å²) in [5.41, 5.74) is 2.81. The van der Waals surface area contributed by atoms with Crippen LogP contribution in [0.3, 0.4) is 0 Å².